The lowest BCUT2D eigenvalue weighted by molar-refractivity contribution is -0.139. The number of nitrogens with zero attached hydrogens (tertiary/aromatic N) is 1. The molecular formula is C29H32Cl2N2O2S. The Morgan fingerprint density at radius 3 is 2.31 bits per heavy atom. The number of unbranched alkanes of at least 4 members (excludes halogenated alkanes) is 1. The van der Waals surface area contributed by atoms with Crippen LogP contribution in [0.1, 0.15) is 36.5 Å². The normalized spacial score (nSPS) is 11.6. The molecule has 2 amide bonds. The minimum Gasteiger partial charge on any atom is -0.354 e. The smallest absolute Gasteiger partial charge is 0.243 e. The second-order valence-electron chi connectivity index (χ2n) is 8.62. The van der Waals surface area contributed by atoms with Gasteiger partial charge in [-0.3, -0.25) is 9.59 Å². The number of rotatable bonds is 13. The van der Waals surface area contributed by atoms with Gasteiger partial charge in [0.25, 0.3) is 0 Å². The Hall–Kier alpha value is -2.47. The molecule has 0 fully saturated rings. The van der Waals surface area contributed by atoms with Crippen LogP contribution < -0.4 is 5.32 Å². The standard InChI is InChI=1S/C29H32Cl2N2O2S/c1-2-3-16-32-29(35)27(18-22-8-5-4-6-9-22)33(19-24-10-7-11-26(31)17-24)28(34)21-36-20-23-12-14-25(30)15-13-23/h4-15,17,27H,2-3,16,18-21H2,1H3,(H,32,35)/t27-/m1/s1. The molecule has 4 nitrogen and oxygen atoms in total. The zero-order valence-electron chi connectivity index (χ0n) is 20.5. The monoisotopic (exact) mass is 542 g/mol. The predicted molar refractivity (Wildman–Crippen MR) is 151 cm³/mol. The average molecular weight is 544 g/mol. The Labute approximate surface area is 228 Å². The summed E-state index contributed by atoms with van der Waals surface area (Å²) in [5, 5.41) is 4.33. The molecule has 0 aliphatic carbocycles. The highest BCUT2D eigenvalue weighted by Gasteiger charge is 2.30. The maximum Gasteiger partial charge on any atom is 0.243 e. The van der Waals surface area contributed by atoms with Crippen LogP contribution in [-0.4, -0.2) is 35.1 Å². The molecule has 0 aliphatic rings. The van der Waals surface area contributed by atoms with E-state index in [1.807, 2.05) is 72.8 Å². The fourth-order valence-corrected chi connectivity index (χ4v) is 5.02. The number of halogens is 2. The van der Waals surface area contributed by atoms with Crippen LogP contribution in [0.5, 0.6) is 0 Å². The summed E-state index contributed by atoms with van der Waals surface area (Å²) in [5.74, 6) is 0.724. The van der Waals surface area contributed by atoms with Gasteiger partial charge in [0, 0.05) is 35.3 Å². The van der Waals surface area contributed by atoms with Crippen molar-refractivity contribution in [1.29, 1.82) is 0 Å². The number of carbonyl (C=O) groups is 2. The third-order valence-electron chi connectivity index (χ3n) is 5.75. The van der Waals surface area contributed by atoms with E-state index in [1.165, 1.54) is 11.8 Å². The molecule has 0 radical (unpaired) electrons. The third kappa shape index (κ3) is 9.20. The molecule has 0 saturated heterocycles. The molecule has 0 unspecified atom stereocenters. The van der Waals surface area contributed by atoms with E-state index in [1.54, 1.807) is 11.0 Å². The highest BCUT2D eigenvalue weighted by Crippen LogP contribution is 2.20. The number of amides is 2. The summed E-state index contributed by atoms with van der Waals surface area (Å²) in [6.45, 7) is 2.98. The fraction of sp³-hybridized carbons (Fsp3) is 0.310. The van der Waals surface area contributed by atoms with Crippen LogP contribution in [0.3, 0.4) is 0 Å². The van der Waals surface area contributed by atoms with Crippen molar-refractivity contribution in [2.75, 3.05) is 12.3 Å². The topological polar surface area (TPSA) is 49.4 Å². The van der Waals surface area contributed by atoms with Gasteiger partial charge in [0.1, 0.15) is 6.04 Å². The van der Waals surface area contributed by atoms with Crippen molar-refractivity contribution in [2.24, 2.45) is 0 Å². The summed E-state index contributed by atoms with van der Waals surface area (Å²) in [7, 11) is 0. The highest BCUT2D eigenvalue weighted by molar-refractivity contribution is 7.99. The van der Waals surface area contributed by atoms with Gasteiger partial charge < -0.3 is 10.2 Å². The molecule has 190 valence electrons. The molecule has 36 heavy (non-hydrogen) atoms. The summed E-state index contributed by atoms with van der Waals surface area (Å²) in [5.41, 5.74) is 2.99. The second-order valence-corrected chi connectivity index (χ2v) is 10.5. The van der Waals surface area contributed by atoms with E-state index in [4.69, 9.17) is 23.2 Å². The minimum atomic E-state index is -0.633. The molecule has 0 bridgehead atoms. The number of hydrogen-bond acceptors (Lipinski definition) is 3. The zero-order chi connectivity index (χ0) is 25.8. The Bertz CT molecular complexity index is 1110. The number of thioether (sulfide) groups is 1. The van der Waals surface area contributed by atoms with E-state index in [0.29, 0.717) is 35.3 Å². The highest BCUT2D eigenvalue weighted by atomic mass is 35.5. The predicted octanol–water partition coefficient (Wildman–Crippen LogP) is 6.78. The number of carbonyl (C=O) groups excluding carboxylic acids is 2. The lowest BCUT2D eigenvalue weighted by Gasteiger charge is -2.31. The van der Waals surface area contributed by atoms with Gasteiger partial charge in [0.15, 0.2) is 0 Å². The van der Waals surface area contributed by atoms with Crippen LogP contribution in [0.4, 0.5) is 0 Å². The largest absolute Gasteiger partial charge is 0.354 e. The van der Waals surface area contributed by atoms with E-state index in [2.05, 4.69) is 12.2 Å². The summed E-state index contributed by atoms with van der Waals surface area (Å²) < 4.78 is 0. The van der Waals surface area contributed by atoms with Crippen LogP contribution in [-0.2, 0) is 28.3 Å². The first-order valence-electron chi connectivity index (χ1n) is 12.1. The van der Waals surface area contributed by atoms with E-state index >= 15 is 0 Å². The zero-order valence-corrected chi connectivity index (χ0v) is 22.8. The Kier molecular flexibility index (Phi) is 11.7. The number of hydrogen-bond donors (Lipinski definition) is 1. The summed E-state index contributed by atoms with van der Waals surface area (Å²) in [4.78, 5) is 28.7. The van der Waals surface area contributed by atoms with Crippen molar-refractivity contribution in [3.8, 4) is 0 Å². The number of nitrogens with one attached hydrogen (secondary N) is 1. The number of benzene rings is 3. The molecule has 3 aromatic carbocycles. The molecule has 3 rings (SSSR count). The van der Waals surface area contributed by atoms with Gasteiger partial charge in [-0.1, -0.05) is 91.1 Å². The van der Waals surface area contributed by atoms with Crippen molar-refractivity contribution < 1.29 is 9.59 Å². The summed E-state index contributed by atoms with van der Waals surface area (Å²) in [6.07, 6.45) is 2.31. The van der Waals surface area contributed by atoms with Crippen LogP contribution in [0.15, 0.2) is 78.9 Å². The molecule has 0 aromatic heterocycles. The van der Waals surface area contributed by atoms with Crippen molar-refractivity contribution in [1.82, 2.24) is 10.2 Å². The van der Waals surface area contributed by atoms with Crippen molar-refractivity contribution in [3.63, 3.8) is 0 Å². The van der Waals surface area contributed by atoms with Gasteiger partial charge in [-0.05, 0) is 47.4 Å². The van der Waals surface area contributed by atoms with Gasteiger partial charge >= 0.3 is 0 Å². The minimum absolute atomic E-state index is 0.0829. The van der Waals surface area contributed by atoms with Crippen LogP contribution in [0.25, 0.3) is 0 Å². The van der Waals surface area contributed by atoms with Crippen LogP contribution in [0.2, 0.25) is 10.0 Å². The molecule has 0 spiro atoms. The quantitative estimate of drug-likeness (QED) is 0.242. The van der Waals surface area contributed by atoms with Gasteiger partial charge in [-0.15, -0.1) is 11.8 Å². The third-order valence-corrected chi connectivity index (χ3v) is 7.23. The molecule has 3 aromatic rings. The Morgan fingerprint density at radius 1 is 0.889 bits per heavy atom. The summed E-state index contributed by atoms with van der Waals surface area (Å²) >= 11 is 13.7. The van der Waals surface area contributed by atoms with Gasteiger partial charge in [-0.25, -0.2) is 0 Å². The van der Waals surface area contributed by atoms with Crippen molar-refractivity contribution in [2.45, 2.75) is 44.5 Å². The first-order valence-corrected chi connectivity index (χ1v) is 14.0. The maximum atomic E-state index is 13.6. The van der Waals surface area contributed by atoms with E-state index < -0.39 is 6.04 Å². The lowest BCUT2D eigenvalue weighted by atomic mass is 10.0. The average Bonchev–Trinajstić information content (AvgIpc) is 2.88. The lowest BCUT2D eigenvalue weighted by Crippen LogP contribution is -2.51. The van der Waals surface area contributed by atoms with Gasteiger partial charge in [0.05, 0.1) is 5.75 Å². The first-order chi connectivity index (χ1) is 17.5. The molecule has 1 atom stereocenters. The van der Waals surface area contributed by atoms with E-state index in [-0.39, 0.29) is 17.6 Å². The first kappa shape index (κ1) is 28.1. The SMILES string of the molecule is CCCCNC(=O)[C@@H](Cc1ccccc1)N(Cc1cccc(Cl)c1)C(=O)CSCc1ccc(Cl)cc1. The molecule has 0 saturated carbocycles. The molecular weight excluding hydrogens is 511 g/mol. The van der Waals surface area contributed by atoms with Gasteiger partial charge in [0.2, 0.25) is 11.8 Å². The Morgan fingerprint density at radius 2 is 1.61 bits per heavy atom. The Balaban J connectivity index is 1.82. The molecule has 7 heteroatoms. The molecule has 0 aliphatic heterocycles. The molecule has 0 heterocycles. The fourth-order valence-electron chi connectivity index (χ4n) is 3.81. The van der Waals surface area contributed by atoms with Crippen LogP contribution >= 0.6 is 35.0 Å². The summed E-state index contributed by atoms with van der Waals surface area (Å²) in [6, 6.07) is 24.3. The van der Waals surface area contributed by atoms with E-state index in [0.717, 1.165) is 29.5 Å². The van der Waals surface area contributed by atoms with Crippen LogP contribution in [0, 0.1) is 0 Å². The molecule has 1 N–H and O–H groups in total. The van der Waals surface area contributed by atoms with Crippen molar-refractivity contribution >= 4 is 46.8 Å². The van der Waals surface area contributed by atoms with Crippen molar-refractivity contribution in [3.05, 3.63) is 106 Å². The van der Waals surface area contributed by atoms with E-state index in [9.17, 15) is 9.59 Å². The second kappa shape index (κ2) is 14.9. The van der Waals surface area contributed by atoms with Gasteiger partial charge in [-0.2, -0.15) is 0 Å². The maximum absolute atomic E-state index is 13.6.